The third kappa shape index (κ3) is 6.24. The number of primary amides is 1. The fourth-order valence-electron chi connectivity index (χ4n) is 3.19. The molecule has 0 radical (unpaired) electrons. The maximum Gasteiger partial charge on any atom is 0.258 e. The molecule has 7 nitrogen and oxygen atoms in total. The van der Waals surface area contributed by atoms with Crippen molar-refractivity contribution < 1.29 is 14.0 Å². The molecule has 1 aliphatic heterocycles. The van der Waals surface area contributed by atoms with E-state index in [1.54, 1.807) is 6.07 Å². The molecule has 9 heteroatoms. The van der Waals surface area contributed by atoms with E-state index in [1.807, 2.05) is 24.3 Å². The normalized spacial score (nSPS) is 16.5. The van der Waals surface area contributed by atoms with Crippen molar-refractivity contribution in [3.05, 3.63) is 53.5 Å². The second-order valence-corrected chi connectivity index (χ2v) is 6.63. The van der Waals surface area contributed by atoms with Crippen molar-refractivity contribution in [3.63, 3.8) is 0 Å². The van der Waals surface area contributed by atoms with E-state index in [9.17, 15) is 9.59 Å². The van der Waals surface area contributed by atoms with Crippen LogP contribution in [0.1, 0.15) is 34.5 Å². The first-order valence-corrected chi connectivity index (χ1v) is 8.74. The number of likely N-dealkylation sites (tertiary alicyclic amines) is 1. The highest BCUT2D eigenvalue weighted by Crippen LogP contribution is 2.19. The van der Waals surface area contributed by atoms with Gasteiger partial charge in [-0.15, -0.1) is 24.8 Å². The van der Waals surface area contributed by atoms with Crippen molar-refractivity contribution in [2.24, 2.45) is 17.4 Å². The van der Waals surface area contributed by atoms with Crippen LogP contribution in [0.4, 0.5) is 5.69 Å². The van der Waals surface area contributed by atoms with Crippen LogP contribution in [0.2, 0.25) is 0 Å². The number of benzene rings is 1. The van der Waals surface area contributed by atoms with E-state index < -0.39 is 0 Å². The molecule has 1 fully saturated rings. The number of halogens is 2. The van der Waals surface area contributed by atoms with Crippen molar-refractivity contribution in [1.82, 2.24) is 4.90 Å². The number of furan rings is 1. The lowest BCUT2D eigenvalue weighted by Crippen LogP contribution is -2.40. The minimum absolute atomic E-state index is 0. The fraction of sp³-hybridized carbons (Fsp3) is 0.368. The first-order chi connectivity index (χ1) is 12.5. The van der Waals surface area contributed by atoms with Crippen LogP contribution in [0.3, 0.4) is 0 Å². The van der Waals surface area contributed by atoms with Crippen LogP contribution in [0.25, 0.3) is 0 Å². The van der Waals surface area contributed by atoms with Gasteiger partial charge in [0.05, 0.1) is 18.0 Å². The minimum Gasteiger partial charge on any atom is -0.467 e. The van der Waals surface area contributed by atoms with Gasteiger partial charge in [-0.25, -0.2) is 0 Å². The lowest BCUT2D eigenvalue weighted by Gasteiger charge is -2.31. The van der Waals surface area contributed by atoms with Crippen LogP contribution in [0.5, 0.6) is 0 Å². The summed E-state index contributed by atoms with van der Waals surface area (Å²) in [5.41, 5.74) is 13.2. The molecule has 28 heavy (non-hydrogen) atoms. The lowest BCUT2D eigenvalue weighted by atomic mass is 9.97. The number of nitrogens with one attached hydrogen (secondary N) is 1. The summed E-state index contributed by atoms with van der Waals surface area (Å²) in [4.78, 5) is 25.8. The van der Waals surface area contributed by atoms with E-state index >= 15 is 0 Å². The molecular formula is C19H26Cl2N4O3. The molecule has 0 aliphatic carbocycles. The minimum atomic E-state index is -0.235. The van der Waals surface area contributed by atoms with Gasteiger partial charge >= 0.3 is 0 Å². The molecule has 0 saturated carbocycles. The van der Waals surface area contributed by atoms with Crippen molar-refractivity contribution in [3.8, 4) is 0 Å². The number of nitrogens with two attached hydrogens (primary N) is 2. The molecule has 2 aromatic rings. The predicted octanol–water partition coefficient (Wildman–Crippen LogP) is 2.53. The van der Waals surface area contributed by atoms with Gasteiger partial charge in [-0.2, -0.15) is 0 Å². The molecule has 154 valence electrons. The zero-order chi connectivity index (χ0) is 18.5. The number of carbonyl (C=O) groups is 2. The molecular weight excluding hydrogens is 403 g/mol. The van der Waals surface area contributed by atoms with Gasteiger partial charge in [0.1, 0.15) is 12.0 Å². The van der Waals surface area contributed by atoms with Crippen molar-refractivity contribution in [2.45, 2.75) is 25.9 Å². The van der Waals surface area contributed by atoms with Crippen LogP contribution >= 0.6 is 24.8 Å². The van der Waals surface area contributed by atoms with Gasteiger partial charge in [0.2, 0.25) is 5.91 Å². The molecule has 1 saturated heterocycles. The second kappa shape index (κ2) is 11.1. The average Bonchev–Trinajstić information content (AvgIpc) is 3.13. The SMILES string of the molecule is Cl.Cl.NCc1cc(C(=O)Nc2ccc(CN3CCCC(C(N)=O)C3)cc2)co1. The van der Waals surface area contributed by atoms with Crippen LogP contribution in [0, 0.1) is 5.92 Å². The molecule has 2 amide bonds. The molecule has 1 aromatic carbocycles. The Morgan fingerprint density at radius 2 is 1.93 bits per heavy atom. The van der Waals surface area contributed by atoms with E-state index in [2.05, 4.69) is 10.2 Å². The number of anilines is 1. The highest BCUT2D eigenvalue weighted by Gasteiger charge is 2.23. The van der Waals surface area contributed by atoms with E-state index in [1.165, 1.54) is 6.26 Å². The molecule has 0 bridgehead atoms. The quantitative estimate of drug-likeness (QED) is 0.653. The van der Waals surface area contributed by atoms with E-state index in [0.717, 1.165) is 31.5 Å². The van der Waals surface area contributed by atoms with E-state index in [0.29, 0.717) is 23.6 Å². The van der Waals surface area contributed by atoms with Crippen molar-refractivity contribution in [1.29, 1.82) is 0 Å². The summed E-state index contributed by atoms with van der Waals surface area (Å²) < 4.78 is 5.18. The zero-order valence-electron chi connectivity index (χ0n) is 15.4. The maximum absolute atomic E-state index is 12.2. The predicted molar refractivity (Wildman–Crippen MR) is 113 cm³/mol. The lowest BCUT2D eigenvalue weighted by molar-refractivity contribution is -0.123. The van der Waals surface area contributed by atoms with Gasteiger partial charge in [0.25, 0.3) is 5.91 Å². The van der Waals surface area contributed by atoms with E-state index in [4.69, 9.17) is 15.9 Å². The fourth-order valence-corrected chi connectivity index (χ4v) is 3.19. The highest BCUT2D eigenvalue weighted by molar-refractivity contribution is 6.04. The van der Waals surface area contributed by atoms with Crippen LogP contribution in [0.15, 0.2) is 41.0 Å². The Hall–Kier alpha value is -2.06. The Bertz CT molecular complexity index is 780. The first kappa shape index (κ1) is 24.0. The Kier molecular flexibility index (Phi) is 9.48. The van der Waals surface area contributed by atoms with Crippen molar-refractivity contribution in [2.75, 3.05) is 18.4 Å². The van der Waals surface area contributed by atoms with Gasteiger partial charge in [0, 0.05) is 18.8 Å². The van der Waals surface area contributed by atoms with Crippen LogP contribution in [-0.2, 0) is 17.9 Å². The molecule has 5 N–H and O–H groups in total. The van der Waals surface area contributed by atoms with Gasteiger partial charge < -0.3 is 21.2 Å². The third-order valence-electron chi connectivity index (χ3n) is 4.64. The maximum atomic E-state index is 12.2. The van der Waals surface area contributed by atoms with Gasteiger partial charge in [0.15, 0.2) is 0 Å². The average molecular weight is 429 g/mol. The largest absolute Gasteiger partial charge is 0.467 e. The molecule has 1 unspecified atom stereocenters. The van der Waals surface area contributed by atoms with Crippen molar-refractivity contribution >= 4 is 42.3 Å². The standard InChI is InChI=1S/C19H24N4O3.2ClH/c20-9-17-8-15(12-26-17)19(25)22-16-5-3-13(4-6-16)10-23-7-1-2-14(11-23)18(21)24;;/h3-6,8,12,14H,1-2,7,9-11,20H2,(H2,21,24)(H,22,25);2*1H. The second-order valence-electron chi connectivity index (χ2n) is 6.63. The summed E-state index contributed by atoms with van der Waals surface area (Å²) in [6.45, 7) is 2.69. The smallest absolute Gasteiger partial charge is 0.258 e. The summed E-state index contributed by atoms with van der Waals surface area (Å²) in [7, 11) is 0. The van der Waals surface area contributed by atoms with Crippen LogP contribution in [-0.4, -0.2) is 29.8 Å². The zero-order valence-corrected chi connectivity index (χ0v) is 17.1. The number of nitrogens with zero attached hydrogens (tertiary/aromatic N) is 1. The molecule has 1 atom stereocenters. The number of carbonyl (C=O) groups excluding carboxylic acids is 2. The number of hydrogen-bond donors (Lipinski definition) is 3. The van der Waals surface area contributed by atoms with Gasteiger partial charge in [-0.05, 0) is 43.1 Å². The summed E-state index contributed by atoms with van der Waals surface area (Å²) in [5.74, 6) is 0.0586. The third-order valence-corrected chi connectivity index (χ3v) is 4.64. The summed E-state index contributed by atoms with van der Waals surface area (Å²) in [6, 6.07) is 9.32. The molecule has 1 aliphatic rings. The number of hydrogen-bond acceptors (Lipinski definition) is 5. The molecule has 0 spiro atoms. The summed E-state index contributed by atoms with van der Waals surface area (Å²) in [5, 5.41) is 2.83. The first-order valence-electron chi connectivity index (χ1n) is 8.74. The summed E-state index contributed by atoms with van der Waals surface area (Å²) >= 11 is 0. The molecule has 1 aromatic heterocycles. The molecule has 3 rings (SSSR count). The Morgan fingerprint density at radius 1 is 1.21 bits per heavy atom. The number of rotatable bonds is 6. The monoisotopic (exact) mass is 428 g/mol. The number of piperidine rings is 1. The summed E-state index contributed by atoms with van der Waals surface area (Å²) in [6.07, 6.45) is 3.26. The van der Waals surface area contributed by atoms with Gasteiger partial charge in [-0.1, -0.05) is 12.1 Å². The Labute approximate surface area is 176 Å². The Morgan fingerprint density at radius 3 is 2.54 bits per heavy atom. The highest BCUT2D eigenvalue weighted by atomic mass is 35.5. The topological polar surface area (TPSA) is 115 Å². The van der Waals surface area contributed by atoms with E-state index in [-0.39, 0.29) is 49.1 Å². The Balaban J connectivity index is 0.00000196. The van der Waals surface area contributed by atoms with Crippen LogP contribution < -0.4 is 16.8 Å². The molecule has 2 heterocycles. The number of amides is 2. The van der Waals surface area contributed by atoms with Gasteiger partial charge in [-0.3, -0.25) is 14.5 Å².